The standard InChI is InChI=1S/C34H34N6O6/c1-21-26(17-37-33(38-21)24-4-3-13-35-16-24)34(43)40-18-27-30(19-40)46-25-9-5-23(6-10-25)15-36-32(42)20-45-28-11-7-22(14-29(28)44-2)8-12-31(41)39-27/h3-7,9-11,13-14,16-17,27,30H,8,12,15,18-20H2,1-2H3,(H,36,42)(H,39,41)/t27-,30-/m0/s1. The first-order valence-corrected chi connectivity index (χ1v) is 15.0. The molecule has 0 radical (unpaired) electrons. The van der Waals surface area contributed by atoms with Gasteiger partial charge >= 0.3 is 0 Å². The molecule has 1 fully saturated rings. The average molecular weight is 623 g/mol. The van der Waals surface area contributed by atoms with Gasteiger partial charge in [0.15, 0.2) is 23.9 Å². The molecule has 5 aliphatic rings. The number of ether oxygens (including phenoxy) is 3. The summed E-state index contributed by atoms with van der Waals surface area (Å²) in [6.07, 6.45) is 5.04. The number of hydrogen-bond acceptors (Lipinski definition) is 9. The predicted octanol–water partition coefficient (Wildman–Crippen LogP) is 2.89. The summed E-state index contributed by atoms with van der Waals surface area (Å²) in [6, 6.07) is 15.9. The van der Waals surface area contributed by atoms with Crippen molar-refractivity contribution in [1.29, 1.82) is 0 Å². The largest absolute Gasteiger partial charge is 0.493 e. The summed E-state index contributed by atoms with van der Waals surface area (Å²) in [7, 11) is 1.52. The minimum atomic E-state index is -0.503. The first-order valence-electron chi connectivity index (χ1n) is 15.0. The summed E-state index contributed by atoms with van der Waals surface area (Å²) in [6.45, 7) is 2.42. The van der Waals surface area contributed by atoms with E-state index < -0.39 is 12.1 Å². The third-order valence-corrected chi connectivity index (χ3v) is 7.96. The van der Waals surface area contributed by atoms with E-state index in [2.05, 4.69) is 25.6 Å². The van der Waals surface area contributed by atoms with Gasteiger partial charge in [-0.2, -0.15) is 0 Å². The highest BCUT2D eigenvalue weighted by Crippen LogP contribution is 2.29. The molecule has 4 bridgehead atoms. The first kappa shape index (κ1) is 30.5. The molecule has 46 heavy (non-hydrogen) atoms. The van der Waals surface area contributed by atoms with Gasteiger partial charge in [0.05, 0.1) is 31.0 Å². The van der Waals surface area contributed by atoms with Crippen LogP contribution in [-0.2, 0) is 22.6 Å². The summed E-state index contributed by atoms with van der Waals surface area (Å²) >= 11 is 0. The van der Waals surface area contributed by atoms with Crippen LogP contribution in [0.25, 0.3) is 11.4 Å². The van der Waals surface area contributed by atoms with Crippen LogP contribution in [0.4, 0.5) is 0 Å². The average Bonchev–Trinajstić information content (AvgIpc) is 3.47. The van der Waals surface area contributed by atoms with Gasteiger partial charge in [-0.1, -0.05) is 18.2 Å². The van der Waals surface area contributed by atoms with Gasteiger partial charge in [-0.05, 0) is 60.9 Å². The molecule has 4 aromatic rings. The van der Waals surface area contributed by atoms with Crippen molar-refractivity contribution in [2.24, 2.45) is 0 Å². The van der Waals surface area contributed by atoms with Crippen molar-refractivity contribution in [3.8, 4) is 28.6 Å². The summed E-state index contributed by atoms with van der Waals surface area (Å²) < 4.78 is 17.5. The number of aromatic nitrogens is 3. The van der Waals surface area contributed by atoms with E-state index in [9.17, 15) is 14.4 Å². The molecule has 0 aliphatic carbocycles. The molecule has 2 aromatic carbocycles. The van der Waals surface area contributed by atoms with Crippen LogP contribution in [0.2, 0.25) is 0 Å². The van der Waals surface area contributed by atoms with Crippen molar-refractivity contribution in [2.75, 3.05) is 26.8 Å². The highest BCUT2D eigenvalue weighted by Gasteiger charge is 2.38. The Morgan fingerprint density at radius 1 is 1.00 bits per heavy atom. The number of aryl methyl sites for hydroxylation is 2. The number of rotatable bonds is 3. The number of amides is 3. The highest BCUT2D eigenvalue weighted by atomic mass is 16.5. The van der Waals surface area contributed by atoms with Crippen molar-refractivity contribution in [2.45, 2.75) is 38.5 Å². The number of hydrogen-bond donors (Lipinski definition) is 2. The third-order valence-electron chi connectivity index (χ3n) is 7.96. The Bertz CT molecular complexity index is 1730. The Hall–Kier alpha value is -5.52. The maximum absolute atomic E-state index is 13.7. The quantitative estimate of drug-likeness (QED) is 0.352. The fourth-order valence-corrected chi connectivity index (χ4v) is 5.46. The molecule has 0 spiro atoms. The lowest BCUT2D eigenvalue weighted by molar-refractivity contribution is -0.123. The Labute approximate surface area is 266 Å². The van der Waals surface area contributed by atoms with E-state index in [1.165, 1.54) is 13.3 Å². The van der Waals surface area contributed by atoms with E-state index in [4.69, 9.17) is 14.2 Å². The van der Waals surface area contributed by atoms with Crippen LogP contribution in [-0.4, -0.2) is 76.5 Å². The van der Waals surface area contributed by atoms with Gasteiger partial charge < -0.3 is 29.7 Å². The topological polar surface area (TPSA) is 145 Å². The summed E-state index contributed by atoms with van der Waals surface area (Å²) in [5.41, 5.74) is 3.42. The molecule has 9 rings (SSSR count). The fourth-order valence-electron chi connectivity index (χ4n) is 5.46. The number of likely N-dealkylation sites (tertiary alicyclic amines) is 1. The van der Waals surface area contributed by atoms with E-state index in [1.54, 1.807) is 54.5 Å². The van der Waals surface area contributed by atoms with Gasteiger partial charge in [-0.3, -0.25) is 19.4 Å². The fraction of sp³-hybridized carbons (Fsp3) is 0.294. The zero-order chi connectivity index (χ0) is 32.0. The number of carbonyl (C=O) groups is 3. The van der Waals surface area contributed by atoms with Gasteiger partial charge in [-0.15, -0.1) is 0 Å². The maximum atomic E-state index is 13.7. The predicted molar refractivity (Wildman–Crippen MR) is 167 cm³/mol. The second kappa shape index (κ2) is 13.6. The van der Waals surface area contributed by atoms with Gasteiger partial charge in [-0.25, -0.2) is 9.97 Å². The van der Waals surface area contributed by atoms with Crippen LogP contribution >= 0.6 is 0 Å². The minimum Gasteiger partial charge on any atom is -0.493 e. The molecule has 7 heterocycles. The van der Waals surface area contributed by atoms with Crippen LogP contribution in [0.15, 0.2) is 73.2 Å². The number of pyridine rings is 1. The lowest BCUT2D eigenvalue weighted by Gasteiger charge is -2.21. The van der Waals surface area contributed by atoms with Gasteiger partial charge in [0.2, 0.25) is 5.91 Å². The number of carbonyl (C=O) groups excluding carboxylic acids is 3. The molecule has 1 saturated heterocycles. The normalized spacial score (nSPS) is 18.5. The molecule has 12 heteroatoms. The summed E-state index contributed by atoms with van der Waals surface area (Å²) in [5.74, 6) is 1.29. The lowest BCUT2D eigenvalue weighted by atomic mass is 10.1. The van der Waals surface area contributed by atoms with Gasteiger partial charge in [0.25, 0.3) is 11.8 Å². The van der Waals surface area contributed by atoms with Gasteiger partial charge in [0, 0.05) is 43.7 Å². The molecule has 5 aliphatic heterocycles. The van der Waals surface area contributed by atoms with Crippen LogP contribution in [0.3, 0.4) is 0 Å². The smallest absolute Gasteiger partial charge is 0.258 e. The SMILES string of the molecule is COc1cc2ccc1OCC(=O)NCc1ccc(cc1)O[C@H]1CN(C(=O)c3cnc(-c4cccnc4)nc3C)C[C@@H]1NC(=O)CC2. The zero-order valence-electron chi connectivity index (χ0n) is 25.6. The van der Waals surface area contributed by atoms with Crippen LogP contribution < -0.4 is 24.8 Å². The Morgan fingerprint density at radius 3 is 2.59 bits per heavy atom. The number of nitrogens with zero attached hydrogens (tertiary/aromatic N) is 4. The number of nitrogens with one attached hydrogen (secondary N) is 2. The van der Waals surface area contributed by atoms with Crippen LogP contribution in [0.1, 0.15) is 33.6 Å². The minimum absolute atomic E-state index is 0.169. The summed E-state index contributed by atoms with van der Waals surface area (Å²) in [4.78, 5) is 54.1. The van der Waals surface area contributed by atoms with Crippen LogP contribution in [0.5, 0.6) is 17.2 Å². The molecule has 236 valence electrons. The molecular formula is C34H34N6O6. The van der Waals surface area contributed by atoms with Crippen molar-refractivity contribution < 1.29 is 28.6 Å². The molecule has 12 nitrogen and oxygen atoms in total. The van der Waals surface area contributed by atoms with Crippen molar-refractivity contribution >= 4 is 17.7 Å². The molecular weight excluding hydrogens is 588 g/mol. The zero-order valence-corrected chi connectivity index (χ0v) is 25.6. The van der Waals surface area contributed by atoms with E-state index in [-0.39, 0.29) is 43.8 Å². The van der Waals surface area contributed by atoms with Crippen molar-refractivity contribution in [3.63, 3.8) is 0 Å². The van der Waals surface area contributed by atoms with E-state index in [0.717, 1.165) is 16.7 Å². The van der Waals surface area contributed by atoms with Crippen molar-refractivity contribution in [1.82, 2.24) is 30.5 Å². The Balaban J connectivity index is 1.23. The van der Waals surface area contributed by atoms with Crippen molar-refractivity contribution in [3.05, 3.63) is 95.6 Å². The Morgan fingerprint density at radius 2 is 1.83 bits per heavy atom. The molecule has 0 saturated carbocycles. The van der Waals surface area contributed by atoms with Gasteiger partial charge in [0.1, 0.15) is 11.9 Å². The molecule has 2 atom stereocenters. The second-order valence-corrected chi connectivity index (χ2v) is 11.2. The number of methoxy groups -OCH3 is 1. The second-order valence-electron chi connectivity index (χ2n) is 11.2. The number of benzene rings is 2. The highest BCUT2D eigenvalue weighted by molar-refractivity contribution is 5.95. The van der Waals surface area contributed by atoms with E-state index >= 15 is 0 Å². The molecule has 2 N–H and O–H groups in total. The maximum Gasteiger partial charge on any atom is 0.258 e. The molecule has 0 unspecified atom stereocenters. The molecule has 2 aromatic heterocycles. The van der Waals surface area contributed by atoms with E-state index in [1.807, 2.05) is 24.3 Å². The summed E-state index contributed by atoms with van der Waals surface area (Å²) in [5, 5.41) is 5.95. The van der Waals surface area contributed by atoms with E-state index in [0.29, 0.717) is 47.3 Å². The Kier molecular flexibility index (Phi) is 9.04. The lowest BCUT2D eigenvalue weighted by Crippen LogP contribution is -2.45. The third kappa shape index (κ3) is 7.06. The first-order chi connectivity index (χ1) is 22.4. The van der Waals surface area contributed by atoms with Crippen LogP contribution in [0, 0.1) is 6.92 Å². The monoisotopic (exact) mass is 622 g/mol. The molecule has 3 amide bonds.